The minimum atomic E-state index is -0.233. The monoisotopic (exact) mass is 248 g/mol. The van der Waals surface area contributed by atoms with Gasteiger partial charge >= 0.3 is 5.97 Å². The molecule has 2 saturated heterocycles. The van der Waals surface area contributed by atoms with E-state index in [1.165, 1.54) is 5.57 Å². The first-order valence-corrected chi connectivity index (χ1v) is 6.74. The Hall–Kier alpha value is -1.09. The van der Waals surface area contributed by atoms with E-state index in [-0.39, 0.29) is 29.7 Å². The first-order chi connectivity index (χ1) is 8.51. The summed E-state index contributed by atoms with van der Waals surface area (Å²) in [5, 5.41) is 0. The lowest BCUT2D eigenvalue weighted by Crippen LogP contribution is -2.28. The molecule has 3 nitrogen and oxygen atoms in total. The van der Waals surface area contributed by atoms with Gasteiger partial charge in [-0.25, -0.2) is 4.79 Å². The van der Waals surface area contributed by atoms with Crippen molar-refractivity contribution in [2.75, 3.05) is 0 Å². The highest BCUT2D eigenvalue weighted by molar-refractivity contribution is 5.91. The number of carbonyl (C=O) groups is 1. The summed E-state index contributed by atoms with van der Waals surface area (Å²) in [7, 11) is 0. The van der Waals surface area contributed by atoms with E-state index >= 15 is 0 Å². The van der Waals surface area contributed by atoms with Gasteiger partial charge in [-0.15, -0.1) is 0 Å². The van der Waals surface area contributed by atoms with E-state index in [1.54, 1.807) is 0 Å². The highest BCUT2D eigenvalue weighted by atomic mass is 16.6. The van der Waals surface area contributed by atoms with Crippen LogP contribution in [0.4, 0.5) is 0 Å². The molecule has 4 atom stereocenters. The quantitative estimate of drug-likeness (QED) is 0.286. The molecule has 0 saturated carbocycles. The average molecular weight is 248 g/mol. The number of allylic oxidation sites excluding steroid dienone is 2. The summed E-state index contributed by atoms with van der Waals surface area (Å²) < 4.78 is 11.3. The summed E-state index contributed by atoms with van der Waals surface area (Å²) in [5.74, 6) is -0.102. The first-order valence-electron chi connectivity index (χ1n) is 6.74. The van der Waals surface area contributed by atoms with Crippen LogP contribution >= 0.6 is 0 Å². The van der Waals surface area contributed by atoms with E-state index in [9.17, 15) is 4.79 Å². The van der Waals surface area contributed by atoms with Crippen LogP contribution in [-0.4, -0.2) is 23.8 Å². The Morgan fingerprint density at radius 3 is 3.06 bits per heavy atom. The molecule has 0 unspecified atom stereocenters. The molecule has 0 bridgehead atoms. The lowest BCUT2D eigenvalue weighted by atomic mass is 9.84. The van der Waals surface area contributed by atoms with E-state index in [4.69, 9.17) is 9.47 Å². The molecule has 3 heteroatoms. The smallest absolute Gasteiger partial charge is 0.334 e. The van der Waals surface area contributed by atoms with E-state index in [1.807, 2.05) is 0 Å². The van der Waals surface area contributed by atoms with Gasteiger partial charge in [0.1, 0.15) is 12.2 Å². The van der Waals surface area contributed by atoms with Crippen LogP contribution in [0.25, 0.3) is 0 Å². The number of fused-ring (bicyclic) bond motifs is 3. The fourth-order valence-corrected chi connectivity index (χ4v) is 3.20. The van der Waals surface area contributed by atoms with Crippen molar-refractivity contribution in [3.8, 4) is 0 Å². The molecule has 0 aromatic heterocycles. The van der Waals surface area contributed by atoms with Gasteiger partial charge in [-0.1, -0.05) is 18.2 Å². The van der Waals surface area contributed by atoms with Gasteiger partial charge in [-0.2, -0.15) is 0 Å². The largest absolute Gasteiger partial charge is 0.455 e. The molecule has 2 aliphatic heterocycles. The third-order valence-electron chi connectivity index (χ3n) is 4.57. The van der Waals surface area contributed by atoms with Crippen molar-refractivity contribution < 1.29 is 14.3 Å². The Balaban J connectivity index is 1.87. The number of epoxide rings is 1. The third-order valence-corrected chi connectivity index (χ3v) is 4.57. The summed E-state index contributed by atoms with van der Waals surface area (Å²) in [6.45, 7) is 8.17. The second kappa shape index (κ2) is 3.95. The first kappa shape index (κ1) is 12.0. The molecule has 3 aliphatic rings. The Bertz CT molecular complexity index is 437. The second-order valence-corrected chi connectivity index (χ2v) is 5.98. The highest BCUT2D eigenvalue weighted by Crippen LogP contribution is 2.49. The van der Waals surface area contributed by atoms with Gasteiger partial charge in [0.05, 0.1) is 5.60 Å². The van der Waals surface area contributed by atoms with Crippen molar-refractivity contribution in [2.45, 2.75) is 57.3 Å². The maximum absolute atomic E-state index is 11.7. The van der Waals surface area contributed by atoms with Crippen LogP contribution < -0.4 is 0 Å². The van der Waals surface area contributed by atoms with Gasteiger partial charge in [0, 0.05) is 11.5 Å². The van der Waals surface area contributed by atoms with Crippen molar-refractivity contribution in [1.29, 1.82) is 0 Å². The molecule has 0 aromatic rings. The summed E-state index contributed by atoms with van der Waals surface area (Å²) in [4.78, 5) is 11.7. The number of rotatable bonds is 0. The number of hydrogen-bond donors (Lipinski definition) is 0. The minimum absolute atomic E-state index is 0.0671. The van der Waals surface area contributed by atoms with Gasteiger partial charge in [0.15, 0.2) is 0 Å². The summed E-state index contributed by atoms with van der Waals surface area (Å²) in [5.41, 5.74) is 1.91. The molecule has 0 spiro atoms. The molecule has 2 fully saturated rings. The fourth-order valence-electron chi connectivity index (χ4n) is 3.20. The summed E-state index contributed by atoms with van der Waals surface area (Å²) in [6, 6.07) is 0. The Labute approximate surface area is 108 Å². The SMILES string of the molecule is C=C1C(=O)O[C@H]2[C@@H]1CC/C(C)=C/CC[C@]1(C)O[C@@H]21. The van der Waals surface area contributed by atoms with Crippen LogP contribution in [0.2, 0.25) is 0 Å². The van der Waals surface area contributed by atoms with Gasteiger partial charge in [-0.3, -0.25) is 0 Å². The molecule has 0 N–H and O–H groups in total. The molecule has 3 rings (SSSR count). The van der Waals surface area contributed by atoms with Crippen LogP contribution in [-0.2, 0) is 14.3 Å². The average Bonchev–Trinajstić information content (AvgIpc) is 2.90. The lowest BCUT2D eigenvalue weighted by molar-refractivity contribution is -0.140. The normalized spacial score (nSPS) is 46.6. The van der Waals surface area contributed by atoms with Crippen molar-refractivity contribution in [2.24, 2.45) is 5.92 Å². The molecule has 18 heavy (non-hydrogen) atoms. The molecule has 0 radical (unpaired) electrons. The summed E-state index contributed by atoms with van der Waals surface area (Å²) in [6.07, 6.45) is 6.25. The maximum Gasteiger partial charge on any atom is 0.334 e. The zero-order valence-corrected chi connectivity index (χ0v) is 11.1. The Kier molecular flexibility index (Phi) is 2.63. The van der Waals surface area contributed by atoms with Crippen molar-refractivity contribution >= 4 is 5.97 Å². The minimum Gasteiger partial charge on any atom is -0.455 e. The molecule has 98 valence electrons. The van der Waals surface area contributed by atoms with Crippen molar-refractivity contribution in [3.63, 3.8) is 0 Å². The van der Waals surface area contributed by atoms with Gasteiger partial charge < -0.3 is 9.47 Å². The Morgan fingerprint density at radius 2 is 2.28 bits per heavy atom. The zero-order chi connectivity index (χ0) is 12.9. The number of carbonyl (C=O) groups excluding carboxylic acids is 1. The molecule has 2 heterocycles. The van der Waals surface area contributed by atoms with Crippen LogP contribution in [0.15, 0.2) is 23.8 Å². The van der Waals surface area contributed by atoms with Gasteiger partial charge in [-0.05, 0) is 39.5 Å². The second-order valence-electron chi connectivity index (χ2n) is 5.98. The lowest BCUT2D eigenvalue weighted by Gasteiger charge is -2.19. The molecule has 1 aliphatic carbocycles. The number of hydrogen-bond acceptors (Lipinski definition) is 3. The Morgan fingerprint density at radius 1 is 1.50 bits per heavy atom. The van der Waals surface area contributed by atoms with Crippen molar-refractivity contribution in [3.05, 3.63) is 23.8 Å². The zero-order valence-electron chi connectivity index (χ0n) is 11.1. The van der Waals surface area contributed by atoms with Crippen molar-refractivity contribution in [1.82, 2.24) is 0 Å². The molecule has 0 aromatic carbocycles. The fraction of sp³-hybridized carbons (Fsp3) is 0.667. The predicted octanol–water partition coefficient (Wildman–Crippen LogP) is 2.76. The standard InChI is InChI=1S/C15H20O3/c1-9-5-4-8-15(3)13(18-15)12-11(7-6-9)10(2)14(16)17-12/h5,11-13H,2,4,6-8H2,1,3H3/b9-5+/t11-,12+,13+,15+/m1/s1. The van der Waals surface area contributed by atoms with Crippen LogP contribution in [0.3, 0.4) is 0 Å². The van der Waals surface area contributed by atoms with E-state index in [0.717, 1.165) is 25.7 Å². The topological polar surface area (TPSA) is 38.8 Å². The van der Waals surface area contributed by atoms with E-state index in [0.29, 0.717) is 5.57 Å². The molecular formula is C15H20O3. The highest BCUT2D eigenvalue weighted by Gasteiger charge is 2.61. The van der Waals surface area contributed by atoms with E-state index < -0.39 is 0 Å². The van der Waals surface area contributed by atoms with E-state index in [2.05, 4.69) is 26.5 Å². The van der Waals surface area contributed by atoms with Gasteiger partial charge in [0.25, 0.3) is 0 Å². The molecule has 0 amide bonds. The number of esters is 1. The van der Waals surface area contributed by atoms with Gasteiger partial charge in [0.2, 0.25) is 0 Å². The summed E-state index contributed by atoms with van der Waals surface area (Å²) >= 11 is 0. The number of ether oxygens (including phenoxy) is 2. The van der Waals surface area contributed by atoms with Crippen LogP contribution in [0, 0.1) is 5.92 Å². The predicted molar refractivity (Wildman–Crippen MR) is 68.0 cm³/mol. The molecular weight excluding hydrogens is 228 g/mol. The maximum atomic E-state index is 11.7. The third kappa shape index (κ3) is 1.81. The van der Waals surface area contributed by atoms with Crippen LogP contribution in [0.1, 0.15) is 39.5 Å². The van der Waals surface area contributed by atoms with Crippen LogP contribution in [0.5, 0.6) is 0 Å².